The first-order valence-corrected chi connectivity index (χ1v) is 6.51. The van der Waals surface area contributed by atoms with E-state index in [4.69, 9.17) is 0 Å². The van der Waals surface area contributed by atoms with Crippen molar-refractivity contribution in [2.24, 2.45) is 0 Å². The first kappa shape index (κ1) is 11.7. The molecule has 0 spiro atoms. The zero-order valence-electron chi connectivity index (χ0n) is 9.31. The van der Waals surface area contributed by atoms with E-state index >= 15 is 0 Å². The monoisotopic (exact) mass is 273 g/mol. The smallest absolute Gasteiger partial charge is 0.236 e. The second-order valence-corrected chi connectivity index (χ2v) is 5.13. The lowest BCUT2D eigenvalue weighted by molar-refractivity contribution is -0.142. The van der Waals surface area contributed by atoms with Crippen LogP contribution < -0.4 is 0 Å². The molecule has 0 N–H and O–H groups in total. The fourth-order valence-corrected chi connectivity index (χ4v) is 2.39. The first-order chi connectivity index (χ1) is 8.53. The first-order valence-electron chi connectivity index (χ1n) is 5.57. The molecule has 2 aromatic rings. The van der Waals surface area contributed by atoms with E-state index in [1.54, 1.807) is 11.4 Å². The Morgan fingerprint density at radius 1 is 1.39 bits per heavy atom. The standard InChI is InChI=1S/C11H10F3N3S/c12-11(13,14)6-17-10(8-3-4-18-5-8)15-9(16-17)7-1-2-7/h3-5,7H,1-2,6H2. The normalized spacial score (nSPS) is 16.2. The molecule has 1 fully saturated rings. The van der Waals surface area contributed by atoms with Crippen LogP contribution in [0.2, 0.25) is 0 Å². The van der Waals surface area contributed by atoms with Crippen molar-refractivity contribution in [2.75, 3.05) is 0 Å². The van der Waals surface area contributed by atoms with Gasteiger partial charge in [-0.15, -0.1) is 0 Å². The molecule has 2 aromatic heterocycles. The molecule has 18 heavy (non-hydrogen) atoms. The number of halogens is 3. The molecule has 0 aromatic carbocycles. The molecule has 1 saturated carbocycles. The number of hydrogen-bond donors (Lipinski definition) is 0. The van der Waals surface area contributed by atoms with Gasteiger partial charge in [0.1, 0.15) is 6.54 Å². The minimum atomic E-state index is -4.28. The van der Waals surface area contributed by atoms with Crippen LogP contribution in [-0.4, -0.2) is 20.9 Å². The van der Waals surface area contributed by atoms with Crippen molar-refractivity contribution >= 4 is 11.3 Å². The Balaban J connectivity index is 1.99. The topological polar surface area (TPSA) is 30.7 Å². The molecule has 0 saturated heterocycles. The molecule has 2 heterocycles. The van der Waals surface area contributed by atoms with E-state index in [1.165, 1.54) is 11.3 Å². The Morgan fingerprint density at radius 2 is 2.17 bits per heavy atom. The zero-order chi connectivity index (χ0) is 12.8. The van der Waals surface area contributed by atoms with Crippen molar-refractivity contribution < 1.29 is 13.2 Å². The van der Waals surface area contributed by atoms with E-state index in [-0.39, 0.29) is 5.92 Å². The highest BCUT2D eigenvalue weighted by Crippen LogP contribution is 2.39. The lowest BCUT2D eigenvalue weighted by Crippen LogP contribution is -2.19. The van der Waals surface area contributed by atoms with Gasteiger partial charge in [0.15, 0.2) is 11.6 Å². The third-order valence-electron chi connectivity index (χ3n) is 2.74. The summed E-state index contributed by atoms with van der Waals surface area (Å²) in [6.07, 6.45) is -2.34. The summed E-state index contributed by atoms with van der Waals surface area (Å²) in [6.45, 7) is -1.09. The minimum Gasteiger partial charge on any atom is -0.236 e. The van der Waals surface area contributed by atoms with Crippen LogP contribution in [0.25, 0.3) is 11.4 Å². The third kappa shape index (κ3) is 2.40. The lowest BCUT2D eigenvalue weighted by atomic mass is 10.3. The highest BCUT2D eigenvalue weighted by atomic mass is 32.1. The Labute approximate surface area is 105 Å². The van der Waals surface area contributed by atoms with Crippen LogP contribution in [0, 0.1) is 0 Å². The summed E-state index contributed by atoms with van der Waals surface area (Å²) in [6, 6.07) is 1.76. The van der Waals surface area contributed by atoms with Gasteiger partial charge in [0.05, 0.1) is 0 Å². The van der Waals surface area contributed by atoms with E-state index in [2.05, 4.69) is 10.1 Å². The van der Waals surface area contributed by atoms with Crippen LogP contribution in [0.4, 0.5) is 13.2 Å². The molecule has 1 aliphatic carbocycles. The summed E-state index contributed by atoms with van der Waals surface area (Å²) in [7, 11) is 0. The van der Waals surface area contributed by atoms with Crippen molar-refractivity contribution in [3.05, 3.63) is 22.7 Å². The van der Waals surface area contributed by atoms with Crippen LogP contribution in [0.15, 0.2) is 16.8 Å². The molecule has 96 valence electrons. The predicted molar refractivity (Wildman–Crippen MR) is 61.4 cm³/mol. The Morgan fingerprint density at radius 3 is 2.72 bits per heavy atom. The van der Waals surface area contributed by atoms with Crippen LogP contribution >= 0.6 is 11.3 Å². The van der Waals surface area contributed by atoms with Gasteiger partial charge in [-0.2, -0.15) is 29.6 Å². The molecule has 3 rings (SSSR count). The second kappa shape index (κ2) is 4.08. The zero-order valence-corrected chi connectivity index (χ0v) is 10.1. The average Bonchev–Trinajstić information content (AvgIpc) is 2.83. The summed E-state index contributed by atoms with van der Waals surface area (Å²) < 4.78 is 38.5. The summed E-state index contributed by atoms with van der Waals surface area (Å²) in [5.41, 5.74) is 0.698. The molecule has 0 atom stereocenters. The van der Waals surface area contributed by atoms with E-state index in [9.17, 15) is 13.2 Å². The summed E-state index contributed by atoms with van der Waals surface area (Å²) >= 11 is 1.43. The van der Waals surface area contributed by atoms with Crippen molar-refractivity contribution in [1.29, 1.82) is 0 Å². The van der Waals surface area contributed by atoms with E-state index in [0.29, 0.717) is 17.2 Å². The number of aromatic nitrogens is 3. The Hall–Kier alpha value is -1.37. The molecule has 0 unspecified atom stereocenters. The summed E-state index contributed by atoms with van der Waals surface area (Å²) in [5, 5.41) is 7.61. The minimum absolute atomic E-state index is 0.247. The molecule has 0 bridgehead atoms. The van der Waals surface area contributed by atoms with E-state index in [0.717, 1.165) is 17.5 Å². The molecule has 0 radical (unpaired) electrons. The second-order valence-electron chi connectivity index (χ2n) is 4.35. The number of alkyl halides is 3. The van der Waals surface area contributed by atoms with Gasteiger partial charge in [0.2, 0.25) is 0 Å². The number of thiophene rings is 1. The molecule has 7 heteroatoms. The molecule has 3 nitrogen and oxygen atoms in total. The molecule has 1 aliphatic rings. The number of rotatable bonds is 3. The van der Waals surface area contributed by atoms with Crippen molar-refractivity contribution in [3.63, 3.8) is 0 Å². The van der Waals surface area contributed by atoms with E-state index in [1.807, 2.05) is 5.38 Å². The number of nitrogens with zero attached hydrogens (tertiary/aromatic N) is 3. The highest BCUT2D eigenvalue weighted by molar-refractivity contribution is 7.08. The fraction of sp³-hybridized carbons (Fsp3) is 0.455. The largest absolute Gasteiger partial charge is 0.408 e. The molecular formula is C11H10F3N3S. The van der Waals surface area contributed by atoms with Crippen LogP contribution in [0.1, 0.15) is 24.6 Å². The molecular weight excluding hydrogens is 263 g/mol. The van der Waals surface area contributed by atoms with Gasteiger partial charge in [0.25, 0.3) is 0 Å². The molecule has 0 aliphatic heterocycles. The Kier molecular flexibility index (Phi) is 2.65. The number of hydrogen-bond acceptors (Lipinski definition) is 3. The lowest BCUT2D eigenvalue weighted by Gasteiger charge is -2.07. The maximum atomic E-state index is 12.5. The van der Waals surface area contributed by atoms with Crippen molar-refractivity contribution in [2.45, 2.75) is 31.5 Å². The van der Waals surface area contributed by atoms with E-state index < -0.39 is 12.7 Å². The molecule has 0 amide bonds. The fourth-order valence-electron chi connectivity index (χ4n) is 1.76. The van der Waals surface area contributed by atoms with Gasteiger partial charge >= 0.3 is 6.18 Å². The van der Waals surface area contributed by atoms with Gasteiger partial charge in [-0.25, -0.2) is 9.67 Å². The summed E-state index contributed by atoms with van der Waals surface area (Å²) in [4.78, 5) is 4.26. The summed E-state index contributed by atoms with van der Waals surface area (Å²) in [5.74, 6) is 1.10. The van der Waals surface area contributed by atoms with Gasteiger partial charge in [-0.3, -0.25) is 0 Å². The third-order valence-corrected chi connectivity index (χ3v) is 3.42. The van der Waals surface area contributed by atoms with Crippen LogP contribution in [0.5, 0.6) is 0 Å². The van der Waals surface area contributed by atoms with Gasteiger partial charge in [-0.05, 0) is 24.3 Å². The Bertz CT molecular complexity index is 540. The van der Waals surface area contributed by atoms with Gasteiger partial charge in [0, 0.05) is 16.9 Å². The van der Waals surface area contributed by atoms with Crippen LogP contribution in [-0.2, 0) is 6.54 Å². The quantitative estimate of drug-likeness (QED) is 0.857. The highest BCUT2D eigenvalue weighted by Gasteiger charge is 2.33. The average molecular weight is 273 g/mol. The van der Waals surface area contributed by atoms with Gasteiger partial charge < -0.3 is 0 Å². The van der Waals surface area contributed by atoms with Crippen molar-refractivity contribution in [3.8, 4) is 11.4 Å². The predicted octanol–water partition coefficient (Wildman–Crippen LogP) is 3.45. The SMILES string of the molecule is FC(F)(F)Cn1nc(C2CC2)nc1-c1ccsc1. The van der Waals surface area contributed by atoms with Crippen LogP contribution in [0.3, 0.4) is 0 Å². The van der Waals surface area contributed by atoms with Gasteiger partial charge in [-0.1, -0.05) is 0 Å². The van der Waals surface area contributed by atoms with Crippen molar-refractivity contribution in [1.82, 2.24) is 14.8 Å². The maximum absolute atomic E-state index is 12.5. The maximum Gasteiger partial charge on any atom is 0.408 e.